The molecule has 3 aromatic rings. The molecule has 13 rings (SSSR count). The Hall–Kier alpha value is -2.72. The van der Waals surface area contributed by atoms with Gasteiger partial charge in [0.2, 0.25) is 0 Å². The SMILES string of the molecule is CCN(Cc1ccccc1)[C@H]1CC[C@]2(O)C3Cc4ccc(O)c5c4[C@]2(CCN3CC2CC2)[C@@H]1O5.CCN[C@H]1CC[C@]2(O)C3Cc4ccc(O)c5c4[C@]2(CCN3CC2CC2)[C@@H]1O5.[CH3-].[Pd]. The van der Waals surface area contributed by atoms with Gasteiger partial charge in [-0.2, -0.15) is 0 Å². The van der Waals surface area contributed by atoms with Crippen LogP contribution in [-0.4, -0.2) is 122 Å². The normalized spacial score (nSPS) is 37.3. The largest absolute Gasteiger partial charge is 0.504 e. The number of phenolic OH excluding ortho intramolecular Hbond substituents is 2. The Morgan fingerprint density at radius 3 is 1.73 bits per heavy atom. The number of phenols is 2. The average molecular weight is 953 g/mol. The maximum atomic E-state index is 12.6. The zero-order valence-corrected chi connectivity index (χ0v) is 39.1. The zero-order chi connectivity index (χ0) is 41.5. The molecular formula is C52H69N4O6Pd-. The Bertz CT molecular complexity index is 2210. The molecule has 0 radical (unpaired) electrons. The molecule has 10 nitrogen and oxygen atoms in total. The predicted octanol–water partition coefficient (Wildman–Crippen LogP) is 6.23. The second kappa shape index (κ2) is 16.0. The Morgan fingerprint density at radius 2 is 1.21 bits per heavy atom. The number of aliphatic hydroxyl groups is 2. The van der Waals surface area contributed by atoms with Crippen molar-refractivity contribution >= 4 is 0 Å². The summed E-state index contributed by atoms with van der Waals surface area (Å²) >= 11 is 0. The molecule has 5 N–H and O–H groups in total. The van der Waals surface area contributed by atoms with Gasteiger partial charge in [0.15, 0.2) is 23.0 Å². The van der Waals surface area contributed by atoms with Gasteiger partial charge in [-0.3, -0.25) is 14.7 Å². The van der Waals surface area contributed by atoms with Gasteiger partial charge in [0.05, 0.1) is 22.0 Å². The maximum absolute atomic E-state index is 12.6. The monoisotopic (exact) mass is 951 g/mol. The van der Waals surface area contributed by atoms with E-state index in [1.165, 1.54) is 42.4 Å². The number of rotatable bonds is 10. The van der Waals surface area contributed by atoms with Gasteiger partial charge in [-0.25, -0.2) is 0 Å². The first kappa shape index (κ1) is 44.1. The van der Waals surface area contributed by atoms with Crippen LogP contribution in [0.2, 0.25) is 0 Å². The molecule has 11 heteroatoms. The molecule has 4 saturated carbocycles. The summed E-state index contributed by atoms with van der Waals surface area (Å²) in [7, 11) is 0. The van der Waals surface area contributed by atoms with E-state index in [4.69, 9.17) is 9.47 Å². The first-order valence-electron chi connectivity index (χ1n) is 24.1. The minimum absolute atomic E-state index is 0. The van der Waals surface area contributed by atoms with Crippen molar-refractivity contribution in [2.45, 2.75) is 156 Å². The van der Waals surface area contributed by atoms with Gasteiger partial charge < -0.3 is 42.6 Å². The van der Waals surface area contributed by atoms with Gasteiger partial charge in [-0.1, -0.05) is 56.3 Å². The standard InChI is InChI=1S/C29H36N2O3.C22H30N2O3.CH3.Pd/c1-2-30(17-19-6-4-3-5-7-19)22-12-13-29(33)24-16-21-10-11-23(32)26-25(21)28(29,27(22)34-26)14-15-31(24)18-20-8-9-20;1-2-23-15-7-8-22(26)17-11-14-5-6-16(25)19-18(14)21(22,20(15)27-19)9-10-24(17)12-13-3-4-13;;/h3-7,10-11,20,22,24,27,32-33H,2,8-9,12-18H2,1H3;5-6,13,15,17,20,23,25-26H,2-4,7-12H2,1H3;1H3;/q;;-1;/t22-,24?,27+,28+,29-;15-,17?,20+,21+,22-;;/m00../s1. The number of ether oxygens (including phenoxy) is 2. The molecule has 2 unspecified atom stereocenters. The van der Waals surface area contributed by atoms with E-state index in [1.54, 1.807) is 6.07 Å². The summed E-state index contributed by atoms with van der Waals surface area (Å²) in [5.74, 6) is 3.39. The molecule has 10 atom stereocenters. The van der Waals surface area contributed by atoms with E-state index >= 15 is 0 Å². The molecule has 4 bridgehead atoms. The minimum atomic E-state index is -0.806. The van der Waals surface area contributed by atoms with Crippen molar-refractivity contribution in [3.63, 3.8) is 0 Å². The summed E-state index contributed by atoms with van der Waals surface area (Å²) in [6.45, 7) is 11.3. The van der Waals surface area contributed by atoms with Crippen molar-refractivity contribution in [3.8, 4) is 23.0 Å². The van der Waals surface area contributed by atoms with Crippen LogP contribution in [0.15, 0.2) is 54.6 Å². The predicted molar refractivity (Wildman–Crippen MR) is 240 cm³/mol. The van der Waals surface area contributed by atoms with Crippen molar-refractivity contribution in [2.75, 3.05) is 39.3 Å². The van der Waals surface area contributed by atoms with Crippen LogP contribution in [0.5, 0.6) is 23.0 Å². The Kier molecular flexibility index (Phi) is 11.2. The van der Waals surface area contributed by atoms with Crippen LogP contribution in [0.1, 0.15) is 106 Å². The second-order valence-electron chi connectivity index (χ2n) is 20.9. The number of nitrogens with one attached hydrogen (secondary N) is 1. The number of likely N-dealkylation sites (tertiary alicyclic amines) is 2. The van der Waals surface area contributed by atoms with Crippen LogP contribution in [0.25, 0.3) is 0 Å². The third kappa shape index (κ3) is 6.26. The van der Waals surface area contributed by atoms with Crippen LogP contribution in [0, 0.1) is 19.3 Å². The van der Waals surface area contributed by atoms with E-state index in [9.17, 15) is 20.4 Å². The number of nitrogens with zero attached hydrogens (tertiary/aromatic N) is 3. The first-order valence-corrected chi connectivity index (χ1v) is 24.1. The van der Waals surface area contributed by atoms with Crippen LogP contribution >= 0.6 is 0 Å². The van der Waals surface area contributed by atoms with Crippen LogP contribution in [0.4, 0.5) is 0 Å². The number of hydrogen-bond acceptors (Lipinski definition) is 10. The van der Waals surface area contributed by atoms with Crippen molar-refractivity contribution < 1.29 is 50.3 Å². The van der Waals surface area contributed by atoms with Crippen molar-refractivity contribution in [2.24, 2.45) is 11.8 Å². The molecule has 344 valence electrons. The Morgan fingerprint density at radius 1 is 0.683 bits per heavy atom. The summed E-state index contributed by atoms with van der Waals surface area (Å²) in [6, 6.07) is 19.2. The van der Waals surface area contributed by atoms with E-state index in [1.807, 2.05) is 6.07 Å². The molecule has 4 heterocycles. The summed E-state index contributed by atoms with van der Waals surface area (Å²) in [5, 5.41) is 49.9. The van der Waals surface area contributed by atoms with Gasteiger partial charge in [0.1, 0.15) is 12.2 Å². The third-order valence-corrected chi connectivity index (χ3v) is 18.1. The molecule has 0 amide bonds. The van der Waals surface area contributed by atoms with Crippen LogP contribution in [-0.2, 0) is 50.6 Å². The van der Waals surface area contributed by atoms with Crippen LogP contribution in [0.3, 0.4) is 0 Å². The quantitative estimate of drug-likeness (QED) is 0.118. The smallest absolute Gasteiger partial charge is 0.165 e. The number of benzene rings is 3. The Labute approximate surface area is 388 Å². The summed E-state index contributed by atoms with van der Waals surface area (Å²) in [6.07, 6.45) is 12.1. The van der Waals surface area contributed by atoms with Crippen molar-refractivity contribution in [1.29, 1.82) is 0 Å². The van der Waals surface area contributed by atoms with E-state index in [0.717, 1.165) is 120 Å². The minimum Gasteiger partial charge on any atom is -0.504 e. The molecule has 2 saturated heterocycles. The van der Waals surface area contributed by atoms with Crippen molar-refractivity contribution in [1.82, 2.24) is 20.0 Å². The molecular weight excluding hydrogens is 883 g/mol. The molecule has 10 aliphatic rings. The summed E-state index contributed by atoms with van der Waals surface area (Å²) < 4.78 is 13.2. The molecule has 2 spiro atoms. The number of hydrogen-bond donors (Lipinski definition) is 5. The Balaban J connectivity index is 0.000000148. The first-order chi connectivity index (χ1) is 29.6. The maximum Gasteiger partial charge on any atom is 0.165 e. The molecule has 3 aromatic carbocycles. The van der Waals surface area contributed by atoms with E-state index < -0.39 is 16.6 Å². The summed E-state index contributed by atoms with van der Waals surface area (Å²) in [4.78, 5) is 7.73. The van der Waals surface area contributed by atoms with E-state index in [2.05, 4.69) is 76.3 Å². The second-order valence-corrected chi connectivity index (χ2v) is 20.9. The zero-order valence-electron chi connectivity index (χ0n) is 37.5. The van der Waals surface area contributed by atoms with E-state index in [-0.39, 0.29) is 81.1 Å². The topological polar surface area (TPSA) is 121 Å². The average Bonchev–Trinajstić information content (AvgIpc) is 4.19. The molecule has 0 aromatic heterocycles. The van der Waals surface area contributed by atoms with E-state index in [0.29, 0.717) is 11.5 Å². The molecule has 63 heavy (non-hydrogen) atoms. The van der Waals surface area contributed by atoms with Gasteiger partial charge in [0.25, 0.3) is 0 Å². The van der Waals surface area contributed by atoms with Crippen LogP contribution < -0.4 is 14.8 Å². The molecule has 6 fully saturated rings. The summed E-state index contributed by atoms with van der Waals surface area (Å²) in [5.41, 5.74) is 3.72. The van der Waals surface area contributed by atoms with Gasteiger partial charge in [0, 0.05) is 75.4 Å². The fourth-order valence-electron chi connectivity index (χ4n) is 15.1. The number of likely N-dealkylation sites (N-methyl/N-ethyl adjacent to an activating group) is 2. The fraction of sp³-hybridized carbons (Fsp3) is 0.635. The number of aromatic hydroxyl groups is 2. The molecule has 6 aliphatic carbocycles. The third-order valence-electron chi connectivity index (χ3n) is 18.1. The van der Waals surface area contributed by atoms with Crippen molar-refractivity contribution in [3.05, 3.63) is 89.8 Å². The van der Waals surface area contributed by atoms with Gasteiger partial charge in [-0.15, -0.1) is 0 Å². The number of piperidine rings is 2. The van der Waals surface area contributed by atoms with Gasteiger partial charge in [-0.05, 0) is 144 Å². The fourth-order valence-corrected chi connectivity index (χ4v) is 15.1. The van der Waals surface area contributed by atoms with Gasteiger partial charge >= 0.3 is 0 Å². The molecule has 4 aliphatic heterocycles.